The van der Waals surface area contributed by atoms with E-state index in [1.165, 1.54) is 33.4 Å². The predicted octanol–water partition coefficient (Wildman–Crippen LogP) is 8.56. The van der Waals surface area contributed by atoms with Crippen molar-refractivity contribution in [2.75, 3.05) is 132 Å². The quantitative estimate of drug-likeness (QED) is 0.0390. The second kappa shape index (κ2) is 34.1. The minimum absolute atomic E-state index is 0.00591. The van der Waals surface area contributed by atoms with E-state index in [1.54, 1.807) is 21.9 Å². The van der Waals surface area contributed by atoms with Gasteiger partial charge in [-0.1, -0.05) is 200 Å². The summed E-state index contributed by atoms with van der Waals surface area (Å²) in [5, 5.41) is 25.2. The summed E-state index contributed by atoms with van der Waals surface area (Å²) in [5.74, 6) is 0.571. The van der Waals surface area contributed by atoms with Crippen LogP contribution >= 0.6 is 0 Å². The third kappa shape index (κ3) is 17.1. The lowest BCUT2D eigenvalue weighted by Gasteiger charge is -2.48. The second-order valence-corrected chi connectivity index (χ2v) is 19.0. The lowest BCUT2D eigenvalue weighted by Crippen LogP contribution is -2.57. The summed E-state index contributed by atoms with van der Waals surface area (Å²) in [7, 11) is 0. The van der Waals surface area contributed by atoms with Crippen LogP contribution in [0.25, 0.3) is 0 Å². The van der Waals surface area contributed by atoms with Gasteiger partial charge in [-0.05, 0) is 45.5 Å². The number of ether oxygens (including phenoxy) is 6. The first-order valence-electron chi connectivity index (χ1n) is 27.9. The summed E-state index contributed by atoms with van der Waals surface area (Å²) in [6, 6.07) is 73.1. The Hall–Kier alpha value is -7.28. The van der Waals surface area contributed by atoms with E-state index in [-0.39, 0.29) is 38.6 Å². The van der Waals surface area contributed by atoms with Gasteiger partial charge in [0.05, 0.1) is 83.8 Å². The molecule has 0 bridgehead atoms. The number of benzene rings is 7. The minimum atomic E-state index is -0.480. The van der Waals surface area contributed by atoms with Crippen molar-refractivity contribution >= 4 is 12.2 Å². The first-order valence-corrected chi connectivity index (χ1v) is 27.9. The molecule has 2 aliphatic rings. The van der Waals surface area contributed by atoms with Crippen LogP contribution in [-0.4, -0.2) is 179 Å². The molecule has 9 rings (SSSR count). The van der Waals surface area contributed by atoms with Crippen LogP contribution in [0.1, 0.15) is 33.4 Å². The van der Waals surface area contributed by atoms with Crippen LogP contribution < -0.4 is 4.74 Å². The zero-order valence-electron chi connectivity index (χ0n) is 46.2. The molecule has 428 valence electrons. The highest BCUT2D eigenvalue weighted by molar-refractivity contribution is 5.71. The van der Waals surface area contributed by atoms with Gasteiger partial charge in [0.2, 0.25) is 0 Å². The van der Waals surface area contributed by atoms with E-state index in [9.17, 15) is 9.59 Å². The summed E-state index contributed by atoms with van der Waals surface area (Å²) in [6.07, 6.45) is -0.611. The summed E-state index contributed by atoms with van der Waals surface area (Å²) in [6.45, 7) is 8.52. The molecule has 0 saturated carbocycles. The molecule has 15 nitrogen and oxygen atoms in total. The number of carbonyl (C=O) groups excluding carboxylic acids is 2. The maximum absolute atomic E-state index is 12.8. The first kappa shape index (κ1) is 61.3. The van der Waals surface area contributed by atoms with Crippen molar-refractivity contribution in [2.24, 2.45) is 0 Å². The fourth-order valence-corrected chi connectivity index (χ4v) is 10.4. The topological polar surface area (TPSA) is 163 Å². The fourth-order valence-electron chi connectivity index (χ4n) is 10.4. The molecule has 0 atom stereocenters. The highest BCUT2D eigenvalue weighted by atomic mass is 16.6. The van der Waals surface area contributed by atoms with Gasteiger partial charge in [-0.15, -0.1) is 0 Å². The van der Waals surface area contributed by atoms with Crippen LogP contribution in [0.15, 0.2) is 212 Å². The molecule has 0 spiro atoms. The number of hydrogen-bond acceptors (Lipinski definition) is 13. The fraction of sp³-hybridized carbons (Fsp3) is 0.333. The molecule has 2 amide bonds. The summed E-state index contributed by atoms with van der Waals surface area (Å²) < 4.78 is 31.3. The first-order chi connectivity index (χ1) is 40.0. The Morgan fingerprint density at radius 3 is 0.852 bits per heavy atom. The van der Waals surface area contributed by atoms with E-state index < -0.39 is 11.1 Å². The molecular weight excluding hydrogens is 1020 g/mol. The maximum Gasteiger partial charge on any atom is 0.415 e. The number of carbonyl (C=O) groups is 2. The Kier molecular flexibility index (Phi) is 25.8. The Bertz CT molecular complexity index is 2570. The van der Waals surface area contributed by atoms with E-state index in [0.29, 0.717) is 97.9 Å². The van der Waals surface area contributed by atoms with Crippen molar-refractivity contribution in [1.82, 2.24) is 19.6 Å². The number of aliphatic hydroxyl groups excluding tert-OH is 3. The van der Waals surface area contributed by atoms with Crippen LogP contribution in [0.5, 0.6) is 5.75 Å². The van der Waals surface area contributed by atoms with Crippen molar-refractivity contribution in [3.05, 3.63) is 246 Å². The molecule has 0 aromatic heterocycles. The number of piperazine rings is 2. The maximum atomic E-state index is 12.8. The molecule has 0 unspecified atom stereocenters. The largest absolute Gasteiger partial charge is 0.447 e. The van der Waals surface area contributed by atoms with E-state index in [2.05, 4.69) is 174 Å². The van der Waals surface area contributed by atoms with Gasteiger partial charge in [0.25, 0.3) is 0 Å². The van der Waals surface area contributed by atoms with Crippen molar-refractivity contribution < 1.29 is 53.3 Å². The number of hydrogen-bond donors (Lipinski definition) is 3. The third-order valence-electron chi connectivity index (χ3n) is 14.0. The Morgan fingerprint density at radius 1 is 0.321 bits per heavy atom. The van der Waals surface area contributed by atoms with Crippen molar-refractivity contribution in [2.45, 2.75) is 11.1 Å². The number of aliphatic hydroxyl groups is 3. The van der Waals surface area contributed by atoms with Gasteiger partial charge >= 0.3 is 12.2 Å². The lowest BCUT2D eigenvalue weighted by atomic mass is 9.75. The van der Waals surface area contributed by atoms with Gasteiger partial charge in [0.15, 0.2) is 0 Å². The van der Waals surface area contributed by atoms with E-state index in [1.807, 2.05) is 36.4 Å². The van der Waals surface area contributed by atoms with Crippen LogP contribution in [0, 0.1) is 0 Å². The smallest absolute Gasteiger partial charge is 0.415 e. The van der Waals surface area contributed by atoms with Gasteiger partial charge in [0.1, 0.15) is 12.4 Å². The Morgan fingerprint density at radius 2 is 0.568 bits per heavy atom. The molecule has 2 aliphatic heterocycles. The summed E-state index contributed by atoms with van der Waals surface area (Å²) in [5.41, 5.74) is 6.30. The van der Waals surface area contributed by atoms with E-state index >= 15 is 0 Å². The van der Waals surface area contributed by atoms with Gasteiger partial charge in [-0.2, -0.15) is 0 Å². The molecular formula is C66H78N4O11. The van der Waals surface area contributed by atoms with Gasteiger partial charge < -0.3 is 53.5 Å². The van der Waals surface area contributed by atoms with Crippen molar-refractivity contribution in [3.8, 4) is 5.75 Å². The highest BCUT2D eigenvalue weighted by Gasteiger charge is 2.45. The van der Waals surface area contributed by atoms with Gasteiger partial charge in [-0.3, -0.25) is 9.80 Å². The zero-order chi connectivity index (χ0) is 56.6. The summed E-state index contributed by atoms with van der Waals surface area (Å²) >= 11 is 0. The van der Waals surface area contributed by atoms with Crippen LogP contribution in [0.2, 0.25) is 0 Å². The van der Waals surface area contributed by atoms with E-state index in [0.717, 1.165) is 13.1 Å². The monoisotopic (exact) mass is 1100 g/mol. The molecule has 2 fully saturated rings. The average molecular weight is 1100 g/mol. The zero-order valence-corrected chi connectivity index (χ0v) is 46.2. The lowest BCUT2D eigenvalue weighted by molar-refractivity contribution is 0.00917. The van der Waals surface area contributed by atoms with Crippen molar-refractivity contribution in [1.29, 1.82) is 0 Å². The molecule has 3 N–H and O–H groups in total. The number of rotatable bonds is 24. The van der Waals surface area contributed by atoms with E-state index in [4.69, 9.17) is 43.7 Å². The van der Waals surface area contributed by atoms with Crippen molar-refractivity contribution in [3.63, 3.8) is 0 Å². The number of para-hydroxylation sites is 1. The average Bonchev–Trinajstić information content (AvgIpc) is 3.28. The molecule has 15 heteroatoms. The highest BCUT2D eigenvalue weighted by Crippen LogP contribution is 2.44. The Labute approximate surface area is 477 Å². The van der Waals surface area contributed by atoms with Gasteiger partial charge in [0, 0.05) is 52.4 Å². The predicted molar refractivity (Wildman–Crippen MR) is 313 cm³/mol. The number of amides is 2. The molecule has 0 aliphatic carbocycles. The SMILES string of the molecule is O=C(OCCOCCOCCO)N1CCN(C(c2ccccc2)(c2ccccc2)c2ccccc2)CC1.O=C(Oc1ccccc1)N1CCN(C(c2ccccc2)(c2ccccc2)c2ccccc2)CC1.OCCOCCOCCO. The molecule has 7 aromatic rings. The number of nitrogens with zero attached hydrogens (tertiary/aromatic N) is 4. The second-order valence-electron chi connectivity index (χ2n) is 19.0. The van der Waals surface area contributed by atoms with Crippen LogP contribution in [0.3, 0.4) is 0 Å². The normalized spacial score (nSPS) is 14.0. The van der Waals surface area contributed by atoms with Crippen LogP contribution in [-0.2, 0) is 34.8 Å². The molecule has 7 aromatic carbocycles. The summed E-state index contributed by atoms with van der Waals surface area (Å²) in [4.78, 5) is 34.1. The third-order valence-corrected chi connectivity index (χ3v) is 14.0. The molecule has 0 radical (unpaired) electrons. The minimum Gasteiger partial charge on any atom is -0.447 e. The molecule has 2 saturated heterocycles. The Balaban J connectivity index is 0.000000201. The van der Waals surface area contributed by atoms with Crippen LogP contribution in [0.4, 0.5) is 9.59 Å². The van der Waals surface area contributed by atoms with Gasteiger partial charge in [-0.25, -0.2) is 9.59 Å². The molecule has 81 heavy (non-hydrogen) atoms. The molecule has 2 heterocycles. The standard InChI is InChI=1S/C30H36N2O5.C30H28N2O2.C6H14O4/c33-20-21-35-22-23-36-24-25-37-29(34)31-16-18-32(19-17-31)30(26-10-4-1-5-11-26,27-12-6-2-7-13-27)28-14-8-3-9-15-28;33-29(34-28-19-11-4-12-20-28)31-21-23-32(24-22-31)30(25-13-5-1-6-14-25,26-15-7-2-8-16-26)27-17-9-3-10-18-27;7-1-3-9-5-6-10-4-2-8/h1-15,33H,16-25H2;1-20H,21-24H2;7-8H,1-6H2.